The molecule has 0 aromatic heterocycles. The highest BCUT2D eigenvalue weighted by Gasteiger charge is 2.32. The van der Waals surface area contributed by atoms with Crippen molar-refractivity contribution in [3.8, 4) is 23.0 Å². The van der Waals surface area contributed by atoms with Gasteiger partial charge in [0, 0.05) is 17.8 Å². The molecule has 9 nitrogen and oxygen atoms in total. The Balaban J connectivity index is 2.43. The molecule has 0 saturated heterocycles. The summed E-state index contributed by atoms with van der Waals surface area (Å²) in [5.41, 5.74) is 0.472. The fourth-order valence-electron chi connectivity index (χ4n) is 2.76. The van der Waals surface area contributed by atoms with Gasteiger partial charge in [-0.25, -0.2) is 4.42 Å². The largest absolute Gasteiger partial charge is 0.497 e. The highest BCUT2D eigenvalue weighted by molar-refractivity contribution is 6.39. The van der Waals surface area contributed by atoms with Crippen molar-refractivity contribution in [2.75, 3.05) is 31.9 Å². The first kappa shape index (κ1) is 24.9. The number of carbonyl (C=O) groups is 2. The van der Waals surface area contributed by atoms with Crippen LogP contribution in [0.25, 0.3) is 0 Å². The van der Waals surface area contributed by atoms with E-state index in [-0.39, 0.29) is 11.4 Å². The van der Waals surface area contributed by atoms with Gasteiger partial charge < -0.3 is 18.9 Å². The number of halogens is 1. The number of para-hydroxylation sites is 1. The number of hydrogen-bond donors (Lipinski definition) is 0. The maximum atomic E-state index is 13.1. The molecule has 0 heterocycles. The molecule has 1 amide bonds. The van der Waals surface area contributed by atoms with Crippen molar-refractivity contribution in [2.24, 2.45) is 10.2 Å². The number of carbonyl (C=O) groups excluding carboxylic acids is 2. The zero-order valence-corrected chi connectivity index (χ0v) is 19.4. The molecule has 0 N–H and O–H groups in total. The molecule has 32 heavy (non-hydrogen) atoms. The normalized spacial score (nSPS) is 11.7. The molecule has 2 aromatic carbocycles. The summed E-state index contributed by atoms with van der Waals surface area (Å²) in [5.74, 6) is 0.214. The second-order valence-corrected chi connectivity index (χ2v) is 6.69. The fourth-order valence-corrected chi connectivity index (χ4v) is 3.02. The molecule has 0 spiro atoms. The van der Waals surface area contributed by atoms with Crippen LogP contribution in [0.5, 0.6) is 23.0 Å². The number of ketones is 1. The molecule has 0 saturated carbocycles. The molecular formula is C22H26ClN3O6. The molecule has 10 heteroatoms. The first-order valence-electron chi connectivity index (χ1n) is 9.89. The van der Waals surface area contributed by atoms with E-state index in [1.54, 1.807) is 50.2 Å². The summed E-state index contributed by atoms with van der Waals surface area (Å²) in [6, 6.07) is 8.41. The molecule has 0 bridgehead atoms. The van der Waals surface area contributed by atoms with E-state index in [1.807, 2.05) is 0 Å². The van der Waals surface area contributed by atoms with Gasteiger partial charge >= 0.3 is 0 Å². The second kappa shape index (κ2) is 11.9. The summed E-state index contributed by atoms with van der Waals surface area (Å²) in [6.07, 6.45) is 0. The Morgan fingerprint density at radius 1 is 1.00 bits per heavy atom. The number of hydrogen-bond acceptors (Lipinski definition) is 8. The summed E-state index contributed by atoms with van der Waals surface area (Å²) < 4.78 is 22.4. The van der Waals surface area contributed by atoms with Crippen LogP contribution in [0.4, 0.5) is 11.4 Å². The lowest BCUT2D eigenvalue weighted by atomic mass is 10.2. The molecule has 2 aromatic rings. The van der Waals surface area contributed by atoms with Crippen LogP contribution in [0.2, 0.25) is 0 Å². The minimum atomic E-state index is -1.49. The van der Waals surface area contributed by atoms with Gasteiger partial charge in [-0.1, -0.05) is 6.07 Å². The van der Waals surface area contributed by atoms with Gasteiger partial charge in [0.1, 0.15) is 34.4 Å². The van der Waals surface area contributed by atoms with E-state index in [2.05, 4.69) is 10.2 Å². The van der Waals surface area contributed by atoms with Gasteiger partial charge in [0.2, 0.25) is 6.04 Å². The van der Waals surface area contributed by atoms with Crippen LogP contribution in [0.3, 0.4) is 0 Å². The quantitative estimate of drug-likeness (QED) is 0.271. The summed E-state index contributed by atoms with van der Waals surface area (Å²) >= 11 is 6.39. The second-order valence-electron chi connectivity index (χ2n) is 6.35. The fraction of sp³-hybridized carbons (Fsp3) is 0.364. The molecular weight excluding hydrogens is 438 g/mol. The van der Waals surface area contributed by atoms with Crippen molar-refractivity contribution in [1.29, 1.82) is 0 Å². The van der Waals surface area contributed by atoms with E-state index in [0.29, 0.717) is 36.2 Å². The van der Waals surface area contributed by atoms with Crippen molar-refractivity contribution in [3.05, 3.63) is 36.4 Å². The Morgan fingerprint density at radius 3 is 2.12 bits per heavy atom. The van der Waals surface area contributed by atoms with E-state index in [0.717, 1.165) is 4.42 Å². The summed E-state index contributed by atoms with van der Waals surface area (Å²) in [4.78, 5) is 25.4. The van der Waals surface area contributed by atoms with Gasteiger partial charge in [-0.05, 0) is 45.0 Å². The van der Waals surface area contributed by atoms with Gasteiger partial charge in [-0.2, -0.15) is 10.2 Å². The zero-order valence-electron chi connectivity index (χ0n) is 18.6. The number of rotatable bonds is 11. The maximum Gasteiger partial charge on any atom is 0.276 e. The van der Waals surface area contributed by atoms with Gasteiger partial charge in [0.25, 0.3) is 5.91 Å². The predicted octanol–water partition coefficient (Wildman–Crippen LogP) is 4.73. The minimum absolute atomic E-state index is 0.184. The third-order valence-electron chi connectivity index (χ3n) is 4.24. The third kappa shape index (κ3) is 5.88. The molecule has 0 aliphatic rings. The SMILES string of the molecule is CCOc1cccc(OCC)c1N(Cl)C(=O)C(N=Nc1cc(OC)ccc1OC)C(C)=O. The lowest BCUT2D eigenvalue weighted by Gasteiger charge is -2.22. The van der Waals surface area contributed by atoms with Crippen LogP contribution >= 0.6 is 11.8 Å². The van der Waals surface area contributed by atoms with Crippen LogP contribution in [-0.2, 0) is 9.59 Å². The van der Waals surface area contributed by atoms with Crippen LogP contribution in [-0.4, -0.2) is 45.2 Å². The Kier molecular flexibility index (Phi) is 9.27. The molecule has 0 fully saturated rings. The highest BCUT2D eigenvalue weighted by Crippen LogP contribution is 2.40. The summed E-state index contributed by atoms with van der Waals surface area (Å²) in [6.45, 7) is 5.50. The first-order valence-corrected chi connectivity index (χ1v) is 10.2. The van der Waals surface area contributed by atoms with Gasteiger partial charge in [0.15, 0.2) is 5.78 Å². The van der Waals surface area contributed by atoms with E-state index in [4.69, 9.17) is 30.7 Å². The van der Waals surface area contributed by atoms with Crippen LogP contribution in [0.1, 0.15) is 20.8 Å². The number of methoxy groups -OCH3 is 2. The average Bonchev–Trinajstić information content (AvgIpc) is 2.79. The number of amides is 1. The van der Waals surface area contributed by atoms with E-state index in [1.165, 1.54) is 21.1 Å². The van der Waals surface area contributed by atoms with Crippen LogP contribution < -0.4 is 23.4 Å². The van der Waals surface area contributed by atoms with Gasteiger partial charge in [-0.15, -0.1) is 0 Å². The molecule has 172 valence electrons. The van der Waals surface area contributed by atoms with Crippen LogP contribution in [0, 0.1) is 0 Å². The third-order valence-corrected chi connectivity index (χ3v) is 4.57. The zero-order chi connectivity index (χ0) is 23.7. The number of Topliss-reactive ketones (excluding diaryl/α,β-unsaturated/α-hetero) is 1. The van der Waals surface area contributed by atoms with Crippen molar-refractivity contribution in [1.82, 2.24) is 0 Å². The number of benzene rings is 2. The highest BCUT2D eigenvalue weighted by atomic mass is 35.5. The molecule has 0 radical (unpaired) electrons. The molecule has 0 aliphatic carbocycles. The minimum Gasteiger partial charge on any atom is -0.497 e. The maximum absolute atomic E-state index is 13.1. The molecule has 0 aliphatic heterocycles. The standard InChI is InChI=1S/C22H26ClN3O6/c1-6-31-18-9-8-10-19(32-7-2)21(18)26(23)22(28)20(14(3)27)25-24-16-13-15(29-4)11-12-17(16)30-5/h8-13,20H,6-7H2,1-5H3. The Labute approximate surface area is 192 Å². The smallest absolute Gasteiger partial charge is 0.276 e. The first-order chi connectivity index (χ1) is 15.4. The van der Waals surface area contributed by atoms with Crippen LogP contribution in [0.15, 0.2) is 46.6 Å². The van der Waals surface area contributed by atoms with Crippen molar-refractivity contribution < 1.29 is 28.5 Å². The lowest BCUT2D eigenvalue weighted by molar-refractivity contribution is -0.126. The number of anilines is 1. The average molecular weight is 464 g/mol. The topological polar surface area (TPSA) is 99.0 Å². The summed E-state index contributed by atoms with van der Waals surface area (Å²) in [7, 11) is 2.97. The number of nitrogens with zero attached hydrogens (tertiary/aromatic N) is 3. The number of ether oxygens (including phenoxy) is 4. The van der Waals surface area contributed by atoms with Gasteiger partial charge in [0.05, 0.1) is 27.4 Å². The predicted molar refractivity (Wildman–Crippen MR) is 121 cm³/mol. The van der Waals surface area contributed by atoms with Gasteiger partial charge in [-0.3, -0.25) is 9.59 Å². The van der Waals surface area contributed by atoms with Crippen molar-refractivity contribution >= 4 is 34.8 Å². The Morgan fingerprint density at radius 2 is 1.62 bits per heavy atom. The molecule has 1 unspecified atom stereocenters. The van der Waals surface area contributed by atoms with Crippen molar-refractivity contribution in [2.45, 2.75) is 26.8 Å². The van der Waals surface area contributed by atoms with E-state index < -0.39 is 17.7 Å². The lowest BCUT2D eigenvalue weighted by Crippen LogP contribution is -2.36. The monoisotopic (exact) mass is 463 g/mol. The van der Waals surface area contributed by atoms with Crippen molar-refractivity contribution in [3.63, 3.8) is 0 Å². The molecule has 2 rings (SSSR count). The summed E-state index contributed by atoms with van der Waals surface area (Å²) in [5, 5.41) is 8.01. The van der Waals surface area contributed by atoms with E-state index in [9.17, 15) is 9.59 Å². The Hall–Kier alpha value is -3.33. The molecule has 1 atom stereocenters. The Bertz CT molecular complexity index is 958. The van der Waals surface area contributed by atoms with E-state index >= 15 is 0 Å². The number of azo groups is 1.